The SMILES string of the molecule is CCc1ccc(NS(=O)(=O)c2ccc(C#N)cc2)cc1N. The Kier molecular flexibility index (Phi) is 4.15. The van der Waals surface area contributed by atoms with Crippen LogP contribution in [0.25, 0.3) is 0 Å². The van der Waals surface area contributed by atoms with Gasteiger partial charge in [-0.1, -0.05) is 13.0 Å². The molecule has 0 aliphatic heterocycles. The van der Waals surface area contributed by atoms with Crippen LogP contribution in [0, 0.1) is 11.3 Å². The minimum Gasteiger partial charge on any atom is -0.398 e. The van der Waals surface area contributed by atoms with E-state index in [0.717, 1.165) is 12.0 Å². The molecular formula is C15H15N3O2S. The average Bonchev–Trinajstić information content (AvgIpc) is 2.47. The zero-order valence-electron chi connectivity index (χ0n) is 11.5. The maximum atomic E-state index is 12.2. The van der Waals surface area contributed by atoms with Crippen molar-refractivity contribution in [2.45, 2.75) is 18.2 Å². The van der Waals surface area contributed by atoms with Gasteiger partial charge in [0.25, 0.3) is 10.0 Å². The number of hydrogen-bond acceptors (Lipinski definition) is 4. The summed E-state index contributed by atoms with van der Waals surface area (Å²) in [6, 6.07) is 12.7. The normalized spacial score (nSPS) is 10.9. The van der Waals surface area contributed by atoms with E-state index in [9.17, 15) is 8.42 Å². The second-order valence-corrected chi connectivity index (χ2v) is 6.19. The molecule has 108 valence electrons. The van der Waals surface area contributed by atoms with E-state index in [0.29, 0.717) is 16.9 Å². The molecular weight excluding hydrogens is 286 g/mol. The molecule has 0 spiro atoms. The Morgan fingerprint density at radius 3 is 2.38 bits per heavy atom. The molecule has 0 aliphatic rings. The summed E-state index contributed by atoms with van der Waals surface area (Å²) in [7, 11) is -3.69. The fourth-order valence-corrected chi connectivity index (χ4v) is 2.95. The van der Waals surface area contributed by atoms with E-state index in [4.69, 9.17) is 11.0 Å². The molecule has 0 unspecified atom stereocenters. The number of aryl methyl sites for hydroxylation is 1. The van der Waals surface area contributed by atoms with Gasteiger partial charge in [-0.2, -0.15) is 5.26 Å². The first-order valence-electron chi connectivity index (χ1n) is 6.37. The van der Waals surface area contributed by atoms with Gasteiger partial charge in [-0.15, -0.1) is 0 Å². The summed E-state index contributed by atoms with van der Waals surface area (Å²) in [4.78, 5) is 0.0969. The molecule has 6 heteroatoms. The van der Waals surface area contributed by atoms with E-state index in [1.54, 1.807) is 18.2 Å². The van der Waals surface area contributed by atoms with Crippen molar-refractivity contribution in [1.82, 2.24) is 0 Å². The molecule has 0 bridgehead atoms. The Labute approximate surface area is 124 Å². The molecule has 2 rings (SSSR count). The average molecular weight is 301 g/mol. The Morgan fingerprint density at radius 2 is 1.86 bits per heavy atom. The molecule has 0 aliphatic carbocycles. The van der Waals surface area contributed by atoms with Crippen LogP contribution >= 0.6 is 0 Å². The van der Waals surface area contributed by atoms with Crippen LogP contribution in [-0.4, -0.2) is 8.42 Å². The second kappa shape index (κ2) is 5.85. The minimum absolute atomic E-state index is 0.0969. The van der Waals surface area contributed by atoms with Gasteiger partial charge in [0.15, 0.2) is 0 Å². The topological polar surface area (TPSA) is 96.0 Å². The number of rotatable bonds is 4. The van der Waals surface area contributed by atoms with Crippen LogP contribution in [0.2, 0.25) is 0 Å². The molecule has 3 N–H and O–H groups in total. The smallest absolute Gasteiger partial charge is 0.261 e. The summed E-state index contributed by atoms with van der Waals surface area (Å²) in [5.74, 6) is 0. The number of nitrogens with one attached hydrogen (secondary N) is 1. The third-order valence-corrected chi connectivity index (χ3v) is 4.47. The molecule has 0 aromatic heterocycles. The first kappa shape index (κ1) is 14.9. The zero-order chi connectivity index (χ0) is 15.5. The Morgan fingerprint density at radius 1 is 1.19 bits per heavy atom. The lowest BCUT2D eigenvalue weighted by Crippen LogP contribution is -2.13. The molecule has 0 saturated heterocycles. The monoisotopic (exact) mass is 301 g/mol. The summed E-state index contributed by atoms with van der Waals surface area (Å²) >= 11 is 0. The maximum absolute atomic E-state index is 12.2. The third kappa shape index (κ3) is 3.33. The van der Waals surface area contributed by atoms with Gasteiger partial charge in [0.1, 0.15) is 0 Å². The van der Waals surface area contributed by atoms with E-state index in [1.807, 2.05) is 13.0 Å². The maximum Gasteiger partial charge on any atom is 0.261 e. The number of nitrogen functional groups attached to an aromatic ring is 1. The molecule has 0 heterocycles. The number of nitrogens with zero attached hydrogens (tertiary/aromatic N) is 1. The Bertz CT molecular complexity index is 791. The van der Waals surface area contributed by atoms with Crippen LogP contribution in [0.5, 0.6) is 0 Å². The minimum atomic E-state index is -3.69. The number of nitrogens with two attached hydrogens (primary N) is 1. The lowest BCUT2D eigenvalue weighted by atomic mass is 10.1. The van der Waals surface area contributed by atoms with Crippen LogP contribution in [0.4, 0.5) is 11.4 Å². The van der Waals surface area contributed by atoms with E-state index < -0.39 is 10.0 Å². The van der Waals surface area contributed by atoms with Gasteiger partial charge >= 0.3 is 0 Å². The molecule has 0 saturated carbocycles. The fraction of sp³-hybridized carbons (Fsp3) is 0.133. The molecule has 0 amide bonds. The number of benzene rings is 2. The largest absolute Gasteiger partial charge is 0.398 e. The number of nitriles is 1. The van der Waals surface area contributed by atoms with Crippen molar-refractivity contribution in [3.8, 4) is 6.07 Å². The molecule has 2 aromatic rings. The Balaban J connectivity index is 2.28. The number of hydrogen-bond donors (Lipinski definition) is 2. The van der Waals surface area contributed by atoms with Crippen molar-refractivity contribution in [1.29, 1.82) is 5.26 Å². The first-order chi connectivity index (χ1) is 9.96. The van der Waals surface area contributed by atoms with Crippen LogP contribution in [-0.2, 0) is 16.4 Å². The summed E-state index contributed by atoms with van der Waals surface area (Å²) in [5, 5.41) is 8.72. The highest BCUT2D eigenvalue weighted by molar-refractivity contribution is 7.92. The van der Waals surface area contributed by atoms with E-state index in [2.05, 4.69) is 4.72 Å². The molecule has 21 heavy (non-hydrogen) atoms. The summed E-state index contributed by atoms with van der Waals surface area (Å²) in [6.07, 6.45) is 0.786. The van der Waals surface area contributed by atoms with Gasteiger partial charge in [0.05, 0.1) is 22.2 Å². The summed E-state index contributed by atoms with van der Waals surface area (Å²) in [5.41, 5.74) is 8.20. The molecule has 0 radical (unpaired) electrons. The molecule has 5 nitrogen and oxygen atoms in total. The van der Waals surface area contributed by atoms with Gasteiger partial charge in [-0.05, 0) is 48.4 Å². The van der Waals surface area contributed by atoms with E-state index in [1.165, 1.54) is 24.3 Å². The van der Waals surface area contributed by atoms with Crippen molar-refractivity contribution in [2.75, 3.05) is 10.5 Å². The lowest BCUT2D eigenvalue weighted by molar-refractivity contribution is 0.601. The predicted octanol–water partition coefficient (Wildman–Crippen LogP) is 2.50. The van der Waals surface area contributed by atoms with Crippen LogP contribution in [0.3, 0.4) is 0 Å². The van der Waals surface area contributed by atoms with Crippen LogP contribution in [0.15, 0.2) is 47.4 Å². The van der Waals surface area contributed by atoms with E-state index >= 15 is 0 Å². The first-order valence-corrected chi connectivity index (χ1v) is 7.86. The standard InChI is InChI=1S/C15H15N3O2S/c1-2-12-5-6-13(9-15(12)17)18-21(19,20)14-7-3-11(10-16)4-8-14/h3-9,18H,2,17H2,1H3. The van der Waals surface area contributed by atoms with Crippen molar-refractivity contribution in [3.63, 3.8) is 0 Å². The lowest BCUT2D eigenvalue weighted by Gasteiger charge is -2.10. The predicted molar refractivity (Wildman–Crippen MR) is 82.2 cm³/mol. The highest BCUT2D eigenvalue weighted by atomic mass is 32.2. The molecule has 0 atom stereocenters. The van der Waals surface area contributed by atoms with Crippen LogP contribution in [0.1, 0.15) is 18.1 Å². The van der Waals surface area contributed by atoms with Gasteiger partial charge in [0, 0.05) is 5.69 Å². The quantitative estimate of drug-likeness (QED) is 0.848. The number of sulfonamides is 1. The fourth-order valence-electron chi connectivity index (χ4n) is 1.90. The van der Waals surface area contributed by atoms with Crippen LogP contribution < -0.4 is 10.5 Å². The highest BCUT2D eigenvalue weighted by Crippen LogP contribution is 2.21. The van der Waals surface area contributed by atoms with Crippen molar-refractivity contribution >= 4 is 21.4 Å². The highest BCUT2D eigenvalue weighted by Gasteiger charge is 2.14. The summed E-state index contributed by atoms with van der Waals surface area (Å²) < 4.78 is 26.9. The third-order valence-electron chi connectivity index (χ3n) is 3.07. The van der Waals surface area contributed by atoms with Gasteiger partial charge in [-0.25, -0.2) is 8.42 Å². The zero-order valence-corrected chi connectivity index (χ0v) is 12.3. The molecule has 2 aromatic carbocycles. The van der Waals surface area contributed by atoms with Gasteiger partial charge < -0.3 is 5.73 Å². The molecule has 0 fully saturated rings. The second-order valence-electron chi connectivity index (χ2n) is 4.51. The van der Waals surface area contributed by atoms with E-state index in [-0.39, 0.29) is 4.90 Å². The Hall–Kier alpha value is -2.52. The van der Waals surface area contributed by atoms with Crippen molar-refractivity contribution < 1.29 is 8.42 Å². The van der Waals surface area contributed by atoms with Gasteiger partial charge in [-0.3, -0.25) is 4.72 Å². The van der Waals surface area contributed by atoms with Crippen molar-refractivity contribution in [2.24, 2.45) is 0 Å². The van der Waals surface area contributed by atoms with Crippen molar-refractivity contribution in [3.05, 3.63) is 53.6 Å². The van der Waals surface area contributed by atoms with Gasteiger partial charge in [0.2, 0.25) is 0 Å². The summed E-state index contributed by atoms with van der Waals surface area (Å²) in [6.45, 7) is 1.98. The number of anilines is 2.